The van der Waals surface area contributed by atoms with Gasteiger partial charge < -0.3 is 20.4 Å². The molecule has 0 spiro atoms. The van der Waals surface area contributed by atoms with Crippen molar-refractivity contribution in [2.75, 3.05) is 6.61 Å². The van der Waals surface area contributed by atoms with E-state index in [4.69, 9.17) is 5.11 Å². The highest BCUT2D eigenvalue weighted by Crippen LogP contribution is 2.40. The van der Waals surface area contributed by atoms with Gasteiger partial charge in [0.2, 0.25) is 0 Å². The summed E-state index contributed by atoms with van der Waals surface area (Å²) in [5.41, 5.74) is 1.48. The highest BCUT2D eigenvalue weighted by atomic mass is 16.4. The van der Waals surface area contributed by atoms with E-state index in [9.17, 15) is 15.3 Å². The first-order valence-corrected chi connectivity index (χ1v) is 7.24. The summed E-state index contributed by atoms with van der Waals surface area (Å²) >= 11 is 0. The minimum atomic E-state index is -1.32. The molecule has 0 aliphatic heterocycles. The van der Waals surface area contributed by atoms with Crippen LogP contribution in [0.5, 0.6) is 5.75 Å². The summed E-state index contributed by atoms with van der Waals surface area (Å²) in [6.45, 7) is 11.5. The number of aliphatic hydroxyl groups is 3. The lowest BCUT2D eigenvalue weighted by atomic mass is 9.78. The quantitative estimate of drug-likeness (QED) is 0.690. The first-order valence-electron chi connectivity index (χ1n) is 7.24. The SMILES string of the molecule is CC(C)(C)c1cc(C(O)C(O)CO)c(O)c(C(C)(C)C)c1. The second-order valence-corrected chi connectivity index (χ2v) is 7.66. The molecule has 0 saturated carbocycles. The fourth-order valence-corrected chi connectivity index (χ4v) is 2.19. The molecule has 21 heavy (non-hydrogen) atoms. The van der Waals surface area contributed by atoms with Crippen LogP contribution in [0.4, 0.5) is 0 Å². The van der Waals surface area contributed by atoms with Crippen LogP contribution in [0.25, 0.3) is 0 Å². The van der Waals surface area contributed by atoms with Gasteiger partial charge in [-0.15, -0.1) is 0 Å². The van der Waals surface area contributed by atoms with Crippen molar-refractivity contribution in [1.29, 1.82) is 0 Å². The Balaban J connectivity index is 3.56. The van der Waals surface area contributed by atoms with Crippen molar-refractivity contribution < 1.29 is 20.4 Å². The Morgan fingerprint density at radius 3 is 1.86 bits per heavy atom. The lowest BCUT2D eigenvalue weighted by Gasteiger charge is -2.29. The molecule has 2 unspecified atom stereocenters. The number of aliphatic hydroxyl groups excluding tert-OH is 3. The van der Waals surface area contributed by atoms with Crippen molar-refractivity contribution in [3.8, 4) is 5.75 Å². The average Bonchev–Trinajstić information content (AvgIpc) is 2.34. The van der Waals surface area contributed by atoms with Crippen LogP contribution in [0.3, 0.4) is 0 Å². The Kier molecular flexibility index (Phi) is 5.09. The first-order chi connectivity index (χ1) is 9.39. The van der Waals surface area contributed by atoms with Crippen molar-refractivity contribution in [2.45, 2.75) is 64.6 Å². The van der Waals surface area contributed by atoms with Gasteiger partial charge in [-0.25, -0.2) is 0 Å². The van der Waals surface area contributed by atoms with Gasteiger partial charge in [0.25, 0.3) is 0 Å². The van der Waals surface area contributed by atoms with E-state index in [1.165, 1.54) is 0 Å². The molecule has 1 aromatic rings. The molecule has 0 radical (unpaired) electrons. The van der Waals surface area contributed by atoms with E-state index < -0.39 is 18.8 Å². The average molecular weight is 296 g/mol. The fraction of sp³-hybridized carbons (Fsp3) is 0.647. The number of rotatable bonds is 3. The lowest BCUT2D eigenvalue weighted by Crippen LogP contribution is -2.24. The first kappa shape index (κ1) is 18.0. The third-order valence-corrected chi connectivity index (χ3v) is 3.68. The van der Waals surface area contributed by atoms with Crippen molar-refractivity contribution >= 4 is 0 Å². The minimum Gasteiger partial charge on any atom is -0.507 e. The Morgan fingerprint density at radius 1 is 0.952 bits per heavy atom. The van der Waals surface area contributed by atoms with Crippen molar-refractivity contribution in [3.05, 3.63) is 28.8 Å². The summed E-state index contributed by atoms with van der Waals surface area (Å²) in [7, 11) is 0. The Hall–Kier alpha value is -1.10. The van der Waals surface area contributed by atoms with Gasteiger partial charge in [0.15, 0.2) is 0 Å². The van der Waals surface area contributed by atoms with Gasteiger partial charge in [0.1, 0.15) is 18.0 Å². The molecule has 0 fully saturated rings. The van der Waals surface area contributed by atoms with E-state index in [1.54, 1.807) is 6.07 Å². The molecule has 0 amide bonds. The minimum absolute atomic E-state index is 0.0181. The summed E-state index contributed by atoms with van der Waals surface area (Å²) in [6, 6.07) is 3.64. The molecule has 0 heterocycles. The van der Waals surface area contributed by atoms with Gasteiger partial charge in [0, 0.05) is 5.56 Å². The molecule has 0 saturated heterocycles. The third kappa shape index (κ3) is 3.96. The number of benzene rings is 1. The van der Waals surface area contributed by atoms with Crippen LogP contribution in [-0.4, -0.2) is 33.1 Å². The van der Waals surface area contributed by atoms with Gasteiger partial charge in [-0.2, -0.15) is 0 Å². The molecule has 0 bridgehead atoms. The molecule has 0 aliphatic rings. The molecule has 1 rings (SSSR count). The van der Waals surface area contributed by atoms with Crippen LogP contribution in [0.2, 0.25) is 0 Å². The van der Waals surface area contributed by atoms with Crippen LogP contribution in [0.1, 0.15) is 64.3 Å². The highest BCUT2D eigenvalue weighted by Gasteiger charge is 2.29. The molecule has 2 atom stereocenters. The van der Waals surface area contributed by atoms with Crippen LogP contribution >= 0.6 is 0 Å². The zero-order chi connectivity index (χ0) is 16.6. The number of aromatic hydroxyl groups is 1. The van der Waals surface area contributed by atoms with Crippen LogP contribution in [0, 0.1) is 0 Å². The van der Waals surface area contributed by atoms with Gasteiger partial charge in [0.05, 0.1) is 6.61 Å². The van der Waals surface area contributed by atoms with E-state index in [0.717, 1.165) is 5.56 Å². The molecule has 120 valence electrons. The molecule has 1 aromatic carbocycles. The second-order valence-electron chi connectivity index (χ2n) is 7.66. The van der Waals surface area contributed by atoms with Crippen molar-refractivity contribution in [3.63, 3.8) is 0 Å². The number of phenols is 1. The number of hydrogen-bond acceptors (Lipinski definition) is 4. The Labute approximate surface area is 127 Å². The van der Waals surface area contributed by atoms with Crippen molar-refractivity contribution in [2.24, 2.45) is 0 Å². The highest BCUT2D eigenvalue weighted by molar-refractivity contribution is 5.49. The standard InChI is InChI=1S/C17H28O4/c1-16(2,3)10-7-11(15(21)13(19)9-18)14(20)12(8-10)17(4,5)6/h7-8,13,15,18-21H,9H2,1-6H3. The zero-order valence-electron chi connectivity index (χ0n) is 13.8. The van der Waals surface area contributed by atoms with Gasteiger partial charge in [-0.3, -0.25) is 0 Å². The fourth-order valence-electron chi connectivity index (χ4n) is 2.19. The molecule has 0 aromatic heterocycles. The summed E-state index contributed by atoms with van der Waals surface area (Å²) in [6.07, 6.45) is -2.64. The molecular weight excluding hydrogens is 268 g/mol. The summed E-state index contributed by atoms with van der Waals surface area (Å²) in [5, 5.41) is 39.4. The maximum absolute atomic E-state index is 10.5. The van der Waals surface area contributed by atoms with Crippen LogP contribution in [-0.2, 0) is 10.8 Å². The topological polar surface area (TPSA) is 80.9 Å². The Bertz CT molecular complexity index is 495. The molecule has 4 nitrogen and oxygen atoms in total. The molecule has 4 N–H and O–H groups in total. The van der Waals surface area contributed by atoms with E-state index in [-0.39, 0.29) is 22.1 Å². The second kappa shape index (κ2) is 5.95. The molecule has 0 aliphatic carbocycles. The van der Waals surface area contributed by atoms with E-state index in [0.29, 0.717) is 5.56 Å². The maximum Gasteiger partial charge on any atom is 0.125 e. The van der Waals surface area contributed by atoms with Crippen LogP contribution in [0.15, 0.2) is 12.1 Å². The predicted molar refractivity (Wildman–Crippen MR) is 83.6 cm³/mol. The van der Waals surface area contributed by atoms with Crippen LogP contribution < -0.4 is 0 Å². The third-order valence-electron chi connectivity index (χ3n) is 3.68. The van der Waals surface area contributed by atoms with Gasteiger partial charge in [-0.05, 0) is 28.0 Å². The summed E-state index contributed by atoms with van der Waals surface area (Å²) in [5.74, 6) is -0.0181. The van der Waals surface area contributed by atoms with E-state index in [1.807, 2.05) is 47.6 Å². The van der Waals surface area contributed by atoms with E-state index >= 15 is 0 Å². The number of hydrogen-bond donors (Lipinski definition) is 4. The largest absolute Gasteiger partial charge is 0.507 e. The summed E-state index contributed by atoms with van der Waals surface area (Å²) < 4.78 is 0. The lowest BCUT2D eigenvalue weighted by molar-refractivity contribution is -0.0163. The van der Waals surface area contributed by atoms with Crippen molar-refractivity contribution in [1.82, 2.24) is 0 Å². The van der Waals surface area contributed by atoms with Gasteiger partial charge in [-0.1, -0.05) is 47.6 Å². The zero-order valence-corrected chi connectivity index (χ0v) is 13.8. The maximum atomic E-state index is 10.5. The Morgan fingerprint density at radius 2 is 1.48 bits per heavy atom. The van der Waals surface area contributed by atoms with Gasteiger partial charge >= 0.3 is 0 Å². The monoisotopic (exact) mass is 296 g/mol. The smallest absolute Gasteiger partial charge is 0.125 e. The van der Waals surface area contributed by atoms with E-state index in [2.05, 4.69) is 0 Å². The molecular formula is C17H28O4. The normalized spacial score (nSPS) is 15.9. The predicted octanol–water partition coefficient (Wildman–Crippen LogP) is 2.37. The molecule has 4 heteroatoms. The number of phenolic OH excluding ortho intramolecular Hbond substituents is 1. The summed E-state index contributed by atoms with van der Waals surface area (Å²) in [4.78, 5) is 0.